The summed E-state index contributed by atoms with van der Waals surface area (Å²) in [5, 5.41) is 21.5. The highest BCUT2D eigenvalue weighted by atomic mass is 16.6. The van der Waals surface area contributed by atoms with Crippen LogP contribution in [0.5, 0.6) is 0 Å². The van der Waals surface area contributed by atoms with Gasteiger partial charge in [-0.25, -0.2) is 0 Å². The van der Waals surface area contributed by atoms with Crippen molar-refractivity contribution in [2.45, 2.75) is 96.2 Å². The SMILES string of the molecule is C[C@]12CCC(=O)C=C1CC[C@@H]1[C@@H]2[C@@H](O)C[C@@]2(C)[C@H]1CC[C@]2(OC(=O)C1CCCC1)C(=O)CO. The Hall–Kier alpha value is -1.53. The molecule has 6 nitrogen and oxygen atoms in total. The van der Waals surface area contributed by atoms with Crippen LogP contribution in [0.3, 0.4) is 0 Å². The minimum absolute atomic E-state index is 0.0363. The van der Waals surface area contributed by atoms with E-state index in [9.17, 15) is 24.6 Å². The number of carbonyl (C=O) groups is 3. The summed E-state index contributed by atoms with van der Waals surface area (Å²) in [4.78, 5) is 38.5. The maximum absolute atomic E-state index is 13.3. The molecule has 5 aliphatic carbocycles. The fourth-order valence-corrected chi connectivity index (χ4v) is 8.90. The monoisotopic (exact) mass is 458 g/mol. The maximum Gasteiger partial charge on any atom is 0.309 e. The Morgan fingerprint density at radius 1 is 1.09 bits per heavy atom. The Morgan fingerprint density at radius 2 is 1.82 bits per heavy atom. The molecule has 2 N–H and O–H groups in total. The van der Waals surface area contributed by atoms with Gasteiger partial charge in [0.05, 0.1) is 12.0 Å². The molecule has 0 bridgehead atoms. The van der Waals surface area contributed by atoms with Crippen LogP contribution in [0.2, 0.25) is 0 Å². The normalized spacial score (nSPS) is 45.1. The Balaban J connectivity index is 1.50. The van der Waals surface area contributed by atoms with Gasteiger partial charge in [0, 0.05) is 11.8 Å². The topological polar surface area (TPSA) is 101 Å². The van der Waals surface area contributed by atoms with E-state index in [4.69, 9.17) is 4.74 Å². The standard InChI is InChI=1S/C27H38O6/c1-25-11-9-18(29)13-17(25)7-8-19-20-10-12-27(22(31)15-28,26(20,2)14-21(30)23(19)25)33-24(32)16-5-3-4-6-16/h13,16,19-21,23,28,30H,3-12,14-15H2,1-2H3/t19-,20-,21-,23+,25-,26-,27-/m0/s1. The Bertz CT molecular complexity index is 887. The van der Waals surface area contributed by atoms with Gasteiger partial charge in [0.25, 0.3) is 0 Å². The number of aliphatic hydroxyl groups is 2. The van der Waals surface area contributed by atoms with Crippen LogP contribution in [-0.2, 0) is 19.1 Å². The lowest BCUT2D eigenvalue weighted by molar-refractivity contribution is -0.204. The van der Waals surface area contributed by atoms with E-state index >= 15 is 0 Å². The second-order valence-electron chi connectivity index (χ2n) is 11.9. The largest absolute Gasteiger partial charge is 0.450 e. The summed E-state index contributed by atoms with van der Waals surface area (Å²) in [5.41, 5.74) is -1.10. The maximum atomic E-state index is 13.3. The lowest BCUT2D eigenvalue weighted by Crippen LogP contribution is -2.63. The van der Waals surface area contributed by atoms with Crippen molar-refractivity contribution in [1.82, 2.24) is 0 Å². The molecule has 0 spiro atoms. The summed E-state index contributed by atoms with van der Waals surface area (Å²) in [7, 11) is 0. The van der Waals surface area contributed by atoms with E-state index in [0.29, 0.717) is 19.3 Å². The van der Waals surface area contributed by atoms with Gasteiger partial charge in [-0.1, -0.05) is 32.3 Å². The number of rotatable bonds is 4. The van der Waals surface area contributed by atoms with Crippen LogP contribution < -0.4 is 0 Å². The molecule has 0 aliphatic heterocycles. The fraction of sp³-hybridized carbons (Fsp3) is 0.815. The molecule has 0 aromatic carbocycles. The third kappa shape index (κ3) is 3.23. The number of ketones is 2. The van der Waals surface area contributed by atoms with Crippen LogP contribution in [0.1, 0.15) is 84.5 Å². The number of fused-ring (bicyclic) bond motifs is 5. The average Bonchev–Trinajstić information content (AvgIpc) is 3.41. The van der Waals surface area contributed by atoms with Crippen LogP contribution in [0, 0.1) is 34.5 Å². The first kappa shape index (κ1) is 23.2. The zero-order chi connectivity index (χ0) is 23.6. The van der Waals surface area contributed by atoms with Gasteiger partial charge in [-0.2, -0.15) is 0 Å². The molecule has 0 amide bonds. The molecule has 33 heavy (non-hydrogen) atoms. The molecule has 7 atom stereocenters. The van der Waals surface area contributed by atoms with Crippen molar-refractivity contribution in [1.29, 1.82) is 0 Å². The zero-order valence-corrected chi connectivity index (χ0v) is 20.0. The molecule has 4 saturated carbocycles. The molecule has 4 fully saturated rings. The van der Waals surface area contributed by atoms with Crippen LogP contribution in [0.25, 0.3) is 0 Å². The first-order chi connectivity index (χ1) is 15.7. The molecule has 182 valence electrons. The second-order valence-corrected chi connectivity index (χ2v) is 11.9. The zero-order valence-electron chi connectivity index (χ0n) is 20.0. The highest BCUT2D eigenvalue weighted by Crippen LogP contribution is 2.68. The molecular formula is C27H38O6. The highest BCUT2D eigenvalue weighted by molar-refractivity contribution is 5.93. The van der Waals surface area contributed by atoms with Gasteiger partial charge in [0.2, 0.25) is 5.78 Å². The van der Waals surface area contributed by atoms with Gasteiger partial charge < -0.3 is 14.9 Å². The highest BCUT2D eigenvalue weighted by Gasteiger charge is 2.70. The van der Waals surface area contributed by atoms with Crippen molar-refractivity contribution >= 4 is 17.5 Å². The van der Waals surface area contributed by atoms with Crippen molar-refractivity contribution in [2.75, 3.05) is 6.61 Å². The van der Waals surface area contributed by atoms with Crippen molar-refractivity contribution in [3.8, 4) is 0 Å². The number of allylic oxidation sites excluding steroid dienone is 1. The number of aliphatic hydroxyl groups excluding tert-OH is 2. The Kier molecular flexibility index (Phi) is 5.64. The van der Waals surface area contributed by atoms with Gasteiger partial charge in [-0.15, -0.1) is 0 Å². The van der Waals surface area contributed by atoms with Crippen LogP contribution in [-0.4, -0.2) is 46.1 Å². The first-order valence-electron chi connectivity index (χ1n) is 13.0. The number of ether oxygens (including phenoxy) is 1. The minimum atomic E-state index is -1.36. The molecular weight excluding hydrogens is 420 g/mol. The molecule has 6 heteroatoms. The van der Waals surface area contributed by atoms with E-state index < -0.39 is 29.5 Å². The smallest absolute Gasteiger partial charge is 0.309 e. The molecule has 0 unspecified atom stereocenters. The van der Waals surface area contributed by atoms with E-state index in [2.05, 4.69) is 6.92 Å². The number of Topliss-reactive ketones (excluding diaryl/α,β-unsaturated/α-hetero) is 1. The number of hydrogen-bond acceptors (Lipinski definition) is 6. The molecule has 0 aromatic heterocycles. The quantitative estimate of drug-likeness (QED) is 0.625. The van der Waals surface area contributed by atoms with Gasteiger partial charge in [-0.3, -0.25) is 14.4 Å². The van der Waals surface area contributed by atoms with Crippen molar-refractivity contribution in [3.63, 3.8) is 0 Å². The average molecular weight is 459 g/mol. The summed E-state index contributed by atoms with van der Waals surface area (Å²) in [6.07, 6.45) is 9.29. The molecule has 5 aliphatic rings. The number of hydrogen-bond donors (Lipinski definition) is 2. The summed E-state index contributed by atoms with van der Waals surface area (Å²) in [5.74, 6) is -0.341. The molecule has 0 aromatic rings. The lowest BCUT2D eigenvalue weighted by atomic mass is 9.45. The van der Waals surface area contributed by atoms with Crippen LogP contribution >= 0.6 is 0 Å². The van der Waals surface area contributed by atoms with E-state index in [1.165, 1.54) is 5.57 Å². The Labute approximate surface area is 196 Å². The molecule has 0 heterocycles. The molecule has 5 rings (SSSR count). The van der Waals surface area contributed by atoms with Gasteiger partial charge in [0.1, 0.15) is 6.61 Å². The predicted molar refractivity (Wildman–Crippen MR) is 121 cm³/mol. The predicted octanol–water partition coefficient (Wildman–Crippen LogP) is 3.52. The van der Waals surface area contributed by atoms with Crippen molar-refractivity contribution < 1.29 is 29.3 Å². The molecule has 0 radical (unpaired) electrons. The molecule has 0 saturated heterocycles. The summed E-state index contributed by atoms with van der Waals surface area (Å²) in [6, 6.07) is 0. The van der Waals surface area contributed by atoms with E-state index in [-0.39, 0.29) is 40.8 Å². The van der Waals surface area contributed by atoms with Gasteiger partial charge >= 0.3 is 5.97 Å². The first-order valence-corrected chi connectivity index (χ1v) is 13.0. The van der Waals surface area contributed by atoms with Crippen molar-refractivity contribution in [3.05, 3.63) is 11.6 Å². The van der Waals surface area contributed by atoms with E-state index in [0.717, 1.165) is 51.4 Å². The lowest BCUT2D eigenvalue weighted by Gasteiger charge is -2.60. The summed E-state index contributed by atoms with van der Waals surface area (Å²) in [6.45, 7) is 3.56. The Morgan fingerprint density at radius 3 is 2.52 bits per heavy atom. The van der Waals surface area contributed by atoms with Crippen molar-refractivity contribution in [2.24, 2.45) is 34.5 Å². The third-order valence-corrected chi connectivity index (χ3v) is 10.6. The van der Waals surface area contributed by atoms with Crippen LogP contribution in [0.15, 0.2) is 11.6 Å². The van der Waals surface area contributed by atoms with Gasteiger partial charge in [-0.05, 0) is 80.6 Å². The van der Waals surface area contributed by atoms with E-state index in [1.807, 2.05) is 13.0 Å². The number of carbonyl (C=O) groups excluding carboxylic acids is 3. The second kappa shape index (κ2) is 8.01. The summed E-state index contributed by atoms with van der Waals surface area (Å²) >= 11 is 0. The van der Waals surface area contributed by atoms with Crippen LogP contribution in [0.4, 0.5) is 0 Å². The third-order valence-electron chi connectivity index (χ3n) is 10.6. The number of esters is 1. The van der Waals surface area contributed by atoms with E-state index in [1.54, 1.807) is 0 Å². The fourth-order valence-electron chi connectivity index (χ4n) is 8.90. The minimum Gasteiger partial charge on any atom is -0.450 e. The van der Waals surface area contributed by atoms with Gasteiger partial charge in [0.15, 0.2) is 11.4 Å². The summed E-state index contributed by atoms with van der Waals surface area (Å²) < 4.78 is 6.17.